The summed E-state index contributed by atoms with van der Waals surface area (Å²) < 4.78 is 0. The van der Waals surface area contributed by atoms with Crippen molar-refractivity contribution >= 4 is 29.1 Å². The van der Waals surface area contributed by atoms with Gasteiger partial charge in [0.1, 0.15) is 0 Å². The normalized spacial score (nSPS) is 24.1. The van der Waals surface area contributed by atoms with Gasteiger partial charge in [-0.15, -0.1) is 0 Å². The van der Waals surface area contributed by atoms with Crippen molar-refractivity contribution in [3.8, 4) is 0 Å². The van der Waals surface area contributed by atoms with Gasteiger partial charge < -0.3 is 5.32 Å². The van der Waals surface area contributed by atoms with Crippen molar-refractivity contribution in [3.05, 3.63) is 35.4 Å². The lowest BCUT2D eigenvalue weighted by Gasteiger charge is -2.31. The molecular formula is C16H19N3O2S. The topological polar surface area (TPSA) is 61.4 Å². The molecule has 0 radical (unpaired) electrons. The maximum absolute atomic E-state index is 12.3. The minimum Gasteiger partial charge on any atom is -0.358 e. The second-order valence-electron chi connectivity index (χ2n) is 5.94. The quantitative estimate of drug-likeness (QED) is 0.647. The molecule has 2 amide bonds. The molecule has 0 saturated heterocycles. The standard InChI is InChI=1S/C16H19N3O2S/c1-10-6-2-5-9-13(10)17-16(22)18-19-14(20)11-7-3-4-8-12(11)15(19)21/h3-4,7-8,10,13H,2,5-6,9H2,1H3,(H2,17,18,22)/t10-,13-/m0/s1. The Balaban J connectivity index is 1.65. The van der Waals surface area contributed by atoms with Gasteiger partial charge in [0, 0.05) is 6.04 Å². The average molecular weight is 317 g/mol. The van der Waals surface area contributed by atoms with Gasteiger partial charge in [0.05, 0.1) is 11.1 Å². The molecule has 1 aliphatic carbocycles. The number of carbonyl (C=O) groups is 2. The van der Waals surface area contributed by atoms with E-state index in [1.165, 1.54) is 19.3 Å². The number of rotatable bonds is 2. The lowest BCUT2D eigenvalue weighted by atomic mass is 9.86. The Labute approximate surface area is 135 Å². The molecule has 1 aliphatic heterocycles. The van der Waals surface area contributed by atoms with Gasteiger partial charge in [0.2, 0.25) is 0 Å². The summed E-state index contributed by atoms with van der Waals surface area (Å²) in [7, 11) is 0. The maximum Gasteiger partial charge on any atom is 0.280 e. The van der Waals surface area contributed by atoms with E-state index in [1.54, 1.807) is 24.3 Å². The molecule has 0 bridgehead atoms. The second kappa shape index (κ2) is 6.04. The summed E-state index contributed by atoms with van der Waals surface area (Å²) in [6.45, 7) is 2.20. The molecule has 1 heterocycles. The fourth-order valence-corrected chi connectivity index (χ4v) is 3.37. The van der Waals surface area contributed by atoms with Crippen LogP contribution in [0, 0.1) is 5.92 Å². The Bertz CT molecular complexity index is 597. The zero-order valence-corrected chi connectivity index (χ0v) is 13.3. The first-order valence-corrected chi connectivity index (χ1v) is 8.03. The minimum atomic E-state index is -0.360. The van der Waals surface area contributed by atoms with E-state index in [0.717, 1.165) is 11.4 Å². The Kier molecular flexibility index (Phi) is 4.11. The van der Waals surface area contributed by atoms with Crippen LogP contribution < -0.4 is 10.7 Å². The average Bonchev–Trinajstić information content (AvgIpc) is 2.75. The first kappa shape index (κ1) is 15.0. The number of hydrogen-bond acceptors (Lipinski definition) is 3. The van der Waals surface area contributed by atoms with E-state index in [1.807, 2.05) is 0 Å². The molecule has 22 heavy (non-hydrogen) atoms. The molecule has 1 aromatic carbocycles. The van der Waals surface area contributed by atoms with Crippen molar-refractivity contribution in [2.75, 3.05) is 0 Å². The predicted octanol–water partition coefficient (Wildman–Crippen LogP) is 2.24. The van der Waals surface area contributed by atoms with Gasteiger partial charge >= 0.3 is 0 Å². The minimum absolute atomic E-state index is 0.295. The highest BCUT2D eigenvalue weighted by molar-refractivity contribution is 7.80. The van der Waals surface area contributed by atoms with Crippen molar-refractivity contribution in [1.82, 2.24) is 15.8 Å². The second-order valence-corrected chi connectivity index (χ2v) is 6.35. The van der Waals surface area contributed by atoms with Crippen LogP contribution in [0.2, 0.25) is 0 Å². The highest BCUT2D eigenvalue weighted by Gasteiger charge is 2.36. The van der Waals surface area contributed by atoms with Crippen LogP contribution in [-0.4, -0.2) is 28.0 Å². The molecule has 3 rings (SSSR count). The van der Waals surface area contributed by atoms with Crippen LogP contribution in [0.25, 0.3) is 0 Å². The van der Waals surface area contributed by atoms with Gasteiger partial charge in [0.15, 0.2) is 5.11 Å². The molecule has 0 spiro atoms. The monoisotopic (exact) mass is 317 g/mol. The number of benzene rings is 1. The van der Waals surface area contributed by atoms with E-state index in [2.05, 4.69) is 17.7 Å². The lowest BCUT2D eigenvalue weighted by Crippen LogP contribution is -2.53. The van der Waals surface area contributed by atoms with Crippen molar-refractivity contribution in [1.29, 1.82) is 0 Å². The van der Waals surface area contributed by atoms with Gasteiger partial charge in [-0.2, -0.15) is 5.01 Å². The van der Waals surface area contributed by atoms with Gasteiger partial charge in [0.25, 0.3) is 11.8 Å². The Morgan fingerprint density at radius 2 is 1.73 bits per heavy atom. The van der Waals surface area contributed by atoms with Crippen molar-refractivity contribution in [2.45, 2.75) is 38.6 Å². The van der Waals surface area contributed by atoms with E-state index in [0.29, 0.717) is 28.2 Å². The number of amides is 2. The number of thiocarbonyl (C=S) groups is 1. The van der Waals surface area contributed by atoms with E-state index in [4.69, 9.17) is 12.2 Å². The molecule has 0 aromatic heterocycles. The molecule has 2 atom stereocenters. The van der Waals surface area contributed by atoms with E-state index < -0.39 is 0 Å². The van der Waals surface area contributed by atoms with E-state index in [-0.39, 0.29) is 11.8 Å². The van der Waals surface area contributed by atoms with Crippen LogP contribution in [0.1, 0.15) is 53.3 Å². The largest absolute Gasteiger partial charge is 0.358 e. The molecule has 116 valence electrons. The van der Waals surface area contributed by atoms with Crippen LogP contribution in [0.5, 0.6) is 0 Å². The van der Waals surface area contributed by atoms with Crippen LogP contribution >= 0.6 is 12.2 Å². The summed E-state index contributed by atoms with van der Waals surface area (Å²) in [6, 6.07) is 7.08. The summed E-state index contributed by atoms with van der Waals surface area (Å²) in [5, 5.41) is 4.56. The fourth-order valence-electron chi connectivity index (χ4n) is 3.12. The molecule has 1 aromatic rings. The van der Waals surface area contributed by atoms with E-state index in [9.17, 15) is 9.59 Å². The first-order valence-electron chi connectivity index (χ1n) is 7.63. The Hall–Kier alpha value is -1.95. The maximum atomic E-state index is 12.3. The number of fused-ring (bicyclic) bond motifs is 1. The number of hydrogen-bond donors (Lipinski definition) is 2. The highest BCUT2D eigenvalue weighted by Crippen LogP contribution is 2.24. The van der Waals surface area contributed by atoms with Crippen molar-refractivity contribution in [2.24, 2.45) is 5.92 Å². The van der Waals surface area contributed by atoms with Gasteiger partial charge in [-0.05, 0) is 43.1 Å². The molecule has 0 unspecified atom stereocenters. The van der Waals surface area contributed by atoms with Crippen molar-refractivity contribution in [3.63, 3.8) is 0 Å². The van der Waals surface area contributed by atoms with E-state index >= 15 is 0 Å². The number of nitrogens with zero attached hydrogens (tertiary/aromatic N) is 1. The third-order valence-electron chi connectivity index (χ3n) is 4.44. The van der Waals surface area contributed by atoms with Crippen LogP contribution in [-0.2, 0) is 0 Å². The molecule has 1 saturated carbocycles. The first-order chi connectivity index (χ1) is 10.6. The summed E-state index contributed by atoms with van der Waals surface area (Å²) >= 11 is 5.27. The number of imide groups is 1. The number of carbonyl (C=O) groups excluding carboxylic acids is 2. The molecular weight excluding hydrogens is 298 g/mol. The molecule has 2 N–H and O–H groups in total. The third kappa shape index (κ3) is 2.70. The zero-order valence-electron chi connectivity index (χ0n) is 12.5. The highest BCUT2D eigenvalue weighted by atomic mass is 32.1. The predicted molar refractivity (Wildman–Crippen MR) is 87.2 cm³/mol. The third-order valence-corrected chi connectivity index (χ3v) is 4.64. The molecule has 2 aliphatic rings. The molecule has 6 heteroatoms. The zero-order chi connectivity index (χ0) is 15.7. The van der Waals surface area contributed by atoms with Gasteiger partial charge in [-0.3, -0.25) is 15.0 Å². The van der Waals surface area contributed by atoms with Crippen LogP contribution in [0.4, 0.5) is 0 Å². The molecule has 1 fully saturated rings. The van der Waals surface area contributed by atoms with Gasteiger partial charge in [-0.25, -0.2) is 0 Å². The summed E-state index contributed by atoms with van der Waals surface area (Å²) in [5.74, 6) is -0.182. The fraction of sp³-hybridized carbons (Fsp3) is 0.438. The van der Waals surface area contributed by atoms with Crippen molar-refractivity contribution < 1.29 is 9.59 Å². The lowest BCUT2D eigenvalue weighted by molar-refractivity contribution is 0.0610. The Morgan fingerprint density at radius 1 is 1.14 bits per heavy atom. The van der Waals surface area contributed by atoms with Gasteiger partial charge in [-0.1, -0.05) is 31.9 Å². The summed E-state index contributed by atoms with van der Waals surface area (Å²) in [5.41, 5.74) is 3.57. The van der Waals surface area contributed by atoms with Crippen LogP contribution in [0.15, 0.2) is 24.3 Å². The summed E-state index contributed by atoms with van der Waals surface area (Å²) in [4.78, 5) is 24.5. The number of hydrazine groups is 1. The Morgan fingerprint density at radius 3 is 2.32 bits per heavy atom. The van der Waals surface area contributed by atoms with Crippen LogP contribution in [0.3, 0.4) is 0 Å². The molecule has 5 nitrogen and oxygen atoms in total. The summed E-state index contributed by atoms with van der Waals surface area (Å²) in [6.07, 6.45) is 4.66. The SMILES string of the molecule is C[C@H]1CCCC[C@@H]1NC(=S)NN1C(=O)c2ccccc2C1=O. The number of nitrogens with one attached hydrogen (secondary N) is 2. The smallest absolute Gasteiger partial charge is 0.280 e.